The second-order valence-corrected chi connectivity index (χ2v) is 6.51. The number of carbonyl (C=O) groups is 2. The lowest BCUT2D eigenvalue weighted by Gasteiger charge is -2.29. The van der Waals surface area contributed by atoms with Crippen LogP contribution in [0.15, 0.2) is 42.5 Å². The summed E-state index contributed by atoms with van der Waals surface area (Å²) in [6.07, 6.45) is 0.995. The molecule has 2 aliphatic heterocycles. The molecule has 0 bridgehead atoms. The van der Waals surface area contributed by atoms with Crippen LogP contribution in [0, 0.1) is 0 Å². The molecule has 0 saturated carbocycles. The van der Waals surface area contributed by atoms with Gasteiger partial charge in [0.15, 0.2) is 6.67 Å². The molecule has 1 atom stereocenters. The van der Waals surface area contributed by atoms with E-state index in [9.17, 15) is 9.59 Å². The van der Waals surface area contributed by atoms with Gasteiger partial charge in [0, 0.05) is 17.0 Å². The fourth-order valence-corrected chi connectivity index (χ4v) is 3.60. The number of benzene rings is 2. The summed E-state index contributed by atoms with van der Waals surface area (Å²) in [4.78, 5) is 27.3. The van der Waals surface area contributed by atoms with E-state index in [0.717, 1.165) is 19.5 Å². The largest absolute Gasteiger partial charge is 0.313 e. The third kappa shape index (κ3) is 2.44. The highest BCUT2D eigenvalue weighted by Gasteiger charge is 2.38. The molecule has 0 fully saturated rings. The van der Waals surface area contributed by atoms with Gasteiger partial charge in [0.05, 0.1) is 17.8 Å². The third-order valence-electron chi connectivity index (χ3n) is 4.62. The minimum atomic E-state index is -0.459. The number of nitrogens with one attached hydrogen (secondary N) is 1. The molecule has 116 valence electrons. The Morgan fingerprint density at radius 2 is 1.87 bits per heavy atom. The molecular formula is C18H16ClN2O2+. The molecule has 23 heavy (non-hydrogen) atoms. The van der Waals surface area contributed by atoms with Crippen molar-refractivity contribution in [1.29, 1.82) is 0 Å². The van der Waals surface area contributed by atoms with E-state index in [1.54, 1.807) is 23.1 Å². The van der Waals surface area contributed by atoms with Gasteiger partial charge in [0.2, 0.25) is 0 Å². The number of ketones is 1. The molecule has 4 nitrogen and oxygen atoms in total. The van der Waals surface area contributed by atoms with Crippen molar-refractivity contribution >= 4 is 29.0 Å². The molecule has 5 heteroatoms. The van der Waals surface area contributed by atoms with Gasteiger partial charge < -0.3 is 4.90 Å². The lowest BCUT2D eigenvalue weighted by molar-refractivity contribution is -0.914. The van der Waals surface area contributed by atoms with Crippen molar-refractivity contribution in [1.82, 2.24) is 0 Å². The van der Waals surface area contributed by atoms with Crippen LogP contribution in [0.5, 0.6) is 0 Å². The smallest absolute Gasteiger partial charge is 0.303 e. The molecule has 2 aliphatic rings. The Bertz CT molecular complexity index is 818. The first kappa shape index (κ1) is 14.4. The van der Waals surface area contributed by atoms with Crippen molar-refractivity contribution in [2.75, 3.05) is 18.1 Å². The quantitative estimate of drug-likeness (QED) is 0.849. The van der Waals surface area contributed by atoms with Crippen molar-refractivity contribution in [3.63, 3.8) is 0 Å². The molecule has 4 rings (SSSR count). The van der Waals surface area contributed by atoms with Gasteiger partial charge in [-0.3, -0.25) is 14.5 Å². The van der Waals surface area contributed by atoms with E-state index in [4.69, 9.17) is 11.6 Å². The van der Waals surface area contributed by atoms with Gasteiger partial charge in [-0.25, -0.2) is 0 Å². The van der Waals surface area contributed by atoms with Gasteiger partial charge in [-0.05, 0) is 23.8 Å². The van der Waals surface area contributed by atoms with Gasteiger partial charge >= 0.3 is 5.91 Å². The lowest BCUT2D eigenvalue weighted by Crippen LogP contribution is -3.13. The molecule has 0 radical (unpaired) electrons. The molecule has 0 spiro atoms. The predicted octanol–water partition coefficient (Wildman–Crippen LogP) is 1.47. The molecule has 2 aromatic carbocycles. The number of amides is 1. The number of nitrogens with zero attached hydrogens (tertiary/aromatic N) is 1. The SMILES string of the molecule is O=C1C(=O)N(C[NH+]2CCc3ccccc3C2)c2ccc(Cl)cc21. The van der Waals surface area contributed by atoms with E-state index in [1.165, 1.54) is 16.0 Å². The van der Waals surface area contributed by atoms with Crippen molar-refractivity contribution < 1.29 is 14.5 Å². The van der Waals surface area contributed by atoms with Crippen LogP contribution in [0.2, 0.25) is 5.02 Å². The third-order valence-corrected chi connectivity index (χ3v) is 4.86. The van der Waals surface area contributed by atoms with Gasteiger partial charge in [0.1, 0.15) is 6.54 Å². The Morgan fingerprint density at radius 1 is 1.09 bits per heavy atom. The Morgan fingerprint density at radius 3 is 2.70 bits per heavy atom. The number of hydrogen-bond donors (Lipinski definition) is 1. The molecule has 1 amide bonds. The second kappa shape index (κ2) is 5.48. The summed E-state index contributed by atoms with van der Waals surface area (Å²) in [5, 5.41) is 0.478. The Kier molecular flexibility index (Phi) is 3.43. The summed E-state index contributed by atoms with van der Waals surface area (Å²) >= 11 is 5.94. The number of fused-ring (bicyclic) bond motifs is 2. The van der Waals surface area contributed by atoms with Crippen LogP contribution in [-0.2, 0) is 17.8 Å². The first-order chi connectivity index (χ1) is 11.1. The highest BCUT2D eigenvalue weighted by molar-refractivity contribution is 6.52. The van der Waals surface area contributed by atoms with Gasteiger partial charge in [0.25, 0.3) is 5.78 Å². The average Bonchev–Trinajstić information content (AvgIpc) is 2.79. The predicted molar refractivity (Wildman–Crippen MR) is 87.8 cm³/mol. The summed E-state index contributed by atoms with van der Waals surface area (Å²) in [6, 6.07) is 13.5. The summed E-state index contributed by atoms with van der Waals surface area (Å²) in [7, 11) is 0. The lowest BCUT2D eigenvalue weighted by atomic mass is 10.0. The van der Waals surface area contributed by atoms with Crippen LogP contribution in [0.1, 0.15) is 21.5 Å². The van der Waals surface area contributed by atoms with E-state index in [-0.39, 0.29) is 0 Å². The Hall–Kier alpha value is -2.17. The molecule has 1 N–H and O–H groups in total. The van der Waals surface area contributed by atoms with Crippen molar-refractivity contribution in [3.8, 4) is 0 Å². The maximum atomic E-state index is 12.3. The standard InChI is InChI=1S/C18H15ClN2O2/c19-14-5-6-16-15(9-14)17(22)18(23)21(16)11-20-8-7-12-3-1-2-4-13(12)10-20/h1-6,9H,7-8,10-11H2/p+1. The van der Waals surface area contributed by atoms with Crippen molar-refractivity contribution in [3.05, 3.63) is 64.2 Å². The fraction of sp³-hybridized carbons (Fsp3) is 0.222. The minimum absolute atomic E-state index is 0.416. The summed E-state index contributed by atoms with van der Waals surface area (Å²) in [5.41, 5.74) is 3.80. The molecule has 0 saturated heterocycles. The van der Waals surface area contributed by atoms with E-state index < -0.39 is 11.7 Å². The van der Waals surface area contributed by atoms with Gasteiger partial charge in [-0.15, -0.1) is 0 Å². The molecule has 1 unspecified atom stereocenters. The summed E-state index contributed by atoms with van der Waals surface area (Å²) < 4.78 is 0. The van der Waals surface area contributed by atoms with Gasteiger partial charge in [-0.1, -0.05) is 35.9 Å². The average molecular weight is 328 g/mol. The number of rotatable bonds is 2. The summed E-state index contributed by atoms with van der Waals surface area (Å²) in [6.45, 7) is 2.34. The number of quaternary nitrogens is 1. The molecule has 0 aliphatic carbocycles. The van der Waals surface area contributed by atoms with Crippen molar-refractivity contribution in [2.24, 2.45) is 0 Å². The van der Waals surface area contributed by atoms with Crippen LogP contribution in [0.25, 0.3) is 0 Å². The van der Waals surface area contributed by atoms with Gasteiger partial charge in [-0.2, -0.15) is 0 Å². The van der Waals surface area contributed by atoms with E-state index >= 15 is 0 Å². The molecular weight excluding hydrogens is 312 g/mol. The van der Waals surface area contributed by atoms with Crippen LogP contribution in [0.3, 0.4) is 0 Å². The number of halogens is 1. The van der Waals surface area contributed by atoms with Crippen molar-refractivity contribution in [2.45, 2.75) is 13.0 Å². The topological polar surface area (TPSA) is 41.8 Å². The Labute approximate surface area is 139 Å². The highest BCUT2D eigenvalue weighted by atomic mass is 35.5. The summed E-state index contributed by atoms with van der Waals surface area (Å²) in [5.74, 6) is -0.909. The molecule has 0 aromatic heterocycles. The number of carbonyl (C=O) groups excluding carboxylic acids is 2. The minimum Gasteiger partial charge on any atom is -0.313 e. The van der Waals surface area contributed by atoms with Crippen LogP contribution >= 0.6 is 11.6 Å². The first-order valence-electron chi connectivity index (χ1n) is 7.69. The van der Waals surface area contributed by atoms with E-state index in [2.05, 4.69) is 18.2 Å². The maximum absolute atomic E-state index is 12.3. The van der Waals surface area contributed by atoms with Crippen LogP contribution in [0.4, 0.5) is 5.69 Å². The Balaban J connectivity index is 1.59. The first-order valence-corrected chi connectivity index (χ1v) is 8.07. The number of Topliss-reactive ketones (excluding diaryl/α,β-unsaturated/α-hetero) is 1. The normalized spacial score (nSPS) is 19.7. The zero-order valence-corrected chi connectivity index (χ0v) is 13.3. The number of hydrogen-bond acceptors (Lipinski definition) is 2. The molecule has 2 heterocycles. The van der Waals surface area contributed by atoms with Crippen LogP contribution < -0.4 is 9.80 Å². The molecule has 2 aromatic rings. The fourth-order valence-electron chi connectivity index (χ4n) is 3.43. The monoisotopic (exact) mass is 327 g/mol. The number of anilines is 1. The van der Waals surface area contributed by atoms with E-state index in [1.807, 2.05) is 6.07 Å². The zero-order valence-electron chi connectivity index (χ0n) is 12.5. The highest BCUT2D eigenvalue weighted by Crippen LogP contribution is 2.30. The zero-order chi connectivity index (χ0) is 16.0. The van der Waals surface area contributed by atoms with E-state index in [0.29, 0.717) is 22.9 Å². The van der Waals surface area contributed by atoms with Crippen LogP contribution in [-0.4, -0.2) is 24.9 Å². The maximum Gasteiger partial charge on any atom is 0.303 e. The second-order valence-electron chi connectivity index (χ2n) is 6.08.